The second-order valence-corrected chi connectivity index (χ2v) is 5.57. The highest BCUT2D eigenvalue weighted by Gasteiger charge is 2.21. The van der Waals surface area contributed by atoms with E-state index < -0.39 is 21.7 Å². The number of sulfonamides is 1. The molecule has 0 heterocycles. The van der Waals surface area contributed by atoms with Crippen LogP contribution in [0, 0.1) is 0 Å². The Labute approximate surface area is 92.6 Å². The van der Waals surface area contributed by atoms with Gasteiger partial charge < -0.3 is 4.74 Å². The van der Waals surface area contributed by atoms with Crippen molar-refractivity contribution in [3.8, 4) is 0 Å². The second kappa shape index (κ2) is 6.36. The van der Waals surface area contributed by atoms with Gasteiger partial charge in [0, 0.05) is 18.9 Å². The molecule has 0 saturated heterocycles. The molecule has 0 rings (SSSR count). The monoisotopic (exact) mass is 287 g/mol. The maximum absolute atomic E-state index is 11.4. The lowest BCUT2D eigenvalue weighted by molar-refractivity contribution is -0.137. The number of alkyl halides is 1. The van der Waals surface area contributed by atoms with E-state index in [4.69, 9.17) is 0 Å². The van der Waals surface area contributed by atoms with Gasteiger partial charge in [-0.05, 0) is 6.42 Å². The Kier molecular flexibility index (Phi) is 6.30. The minimum atomic E-state index is -3.51. The fourth-order valence-corrected chi connectivity index (χ4v) is 2.03. The zero-order valence-corrected chi connectivity index (χ0v) is 10.6. The molecule has 0 aromatic heterocycles. The first-order chi connectivity index (χ1) is 6.44. The molecule has 0 spiro atoms. The Morgan fingerprint density at radius 1 is 1.50 bits per heavy atom. The molecule has 0 unspecified atom stereocenters. The van der Waals surface area contributed by atoms with Gasteiger partial charge in [-0.25, -0.2) is 12.7 Å². The summed E-state index contributed by atoms with van der Waals surface area (Å²) in [6, 6.07) is 0. The van der Waals surface area contributed by atoms with Gasteiger partial charge in [-0.3, -0.25) is 4.79 Å². The average molecular weight is 288 g/mol. The van der Waals surface area contributed by atoms with Crippen molar-refractivity contribution in [3.05, 3.63) is 0 Å². The van der Waals surface area contributed by atoms with E-state index in [1.807, 2.05) is 0 Å². The van der Waals surface area contributed by atoms with Crippen LogP contribution in [0.25, 0.3) is 0 Å². The molecule has 0 aliphatic carbocycles. The number of methoxy groups -OCH3 is 1. The van der Waals surface area contributed by atoms with E-state index in [1.54, 1.807) is 0 Å². The lowest BCUT2D eigenvalue weighted by Crippen LogP contribution is -2.33. The summed E-state index contributed by atoms with van der Waals surface area (Å²) in [5, 5.41) is 0.727. The standard InChI is InChI=1S/C7H14BrNO4S/c1-9(5-3-4-8)14(11,12)6-7(10)13-2/h3-6H2,1-2H3. The van der Waals surface area contributed by atoms with Crippen LogP contribution < -0.4 is 0 Å². The van der Waals surface area contributed by atoms with Crippen molar-refractivity contribution >= 4 is 31.9 Å². The molecule has 0 saturated carbocycles. The van der Waals surface area contributed by atoms with Crippen LogP contribution in [0.15, 0.2) is 0 Å². The topological polar surface area (TPSA) is 63.7 Å². The van der Waals surface area contributed by atoms with Gasteiger partial charge in [-0.2, -0.15) is 0 Å². The molecule has 14 heavy (non-hydrogen) atoms. The molecule has 0 amide bonds. The molecule has 0 atom stereocenters. The highest BCUT2D eigenvalue weighted by atomic mass is 79.9. The Morgan fingerprint density at radius 2 is 2.07 bits per heavy atom. The number of halogens is 1. The molecule has 0 aromatic carbocycles. The number of carbonyl (C=O) groups excluding carboxylic acids is 1. The molecule has 84 valence electrons. The summed E-state index contributed by atoms with van der Waals surface area (Å²) in [6.45, 7) is 0.393. The molecule has 0 fully saturated rings. The Balaban J connectivity index is 4.24. The number of esters is 1. The smallest absolute Gasteiger partial charge is 0.322 e. The Bertz CT molecular complexity index is 277. The van der Waals surface area contributed by atoms with E-state index in [2.05, 4.69) is 20.7 Å². The molecule has 0 bridgehead atoms. The van der Waals surface area contributed by atoms with Crippen LogP contribution in [0.3, 0.4) is 0 Å². The van der Waals surface area contributed by atoms with E-state index in [0.717, 1.165) is 16.7 Å². The SMILES string of the molecule is COC(=O)CS(=O)(=O)N(C)CCCBr. The molecular formula is C7H14BrNO4S. The molecular weight excluding hydrogens is 274 g/mol. The number of hydrogen-bond donors (Lipinski definition) is 0. The predicted octanol–water partition coefficient (Wildman–Crippen LogP) is 0.206. The molecule has 0 radical (unpaired) electrons. The van der Waals surface area contributed by atoms with Gasteiger partial charge >= 0.3 is 5.97 Å². The zero-order valence-electron chi connectivity index (χ0n) is 8.19. The van der Waals surface area contributed by atoms with Crippen molar-refractivity contribution in [2.24, 2.45) is 0 Å². The normalized spacial score (nSPS) is 11.7. The molecule has 0 N–H and O–H groups in total. The highest BCUT2D eigenvalue weighted by molar-refractivity contribution is 9.09. The van der Waals surface area contributed by atoms with Crippen molar-refractivity contribution in [2.45, 2.75) is 6.42 Å². The van der Waals surface area contributed by atoms with E-state index >= 15 is 0 Å². The number of ether oxygens (including phenoxy) is 1. The molecule has 0 aliphatic rings. The summed E-state index contributed by atoms with van der Waals surface area (Å²) < 4.78 is 28.3. The summed E-state index contributed by atoms with van der Waals surface area (Å²) in [7, 11) is -0.898. The second-order valence-electron chi connectivity index (χ2n) is 2.70. The predicted molar refractivity (Wildman–Crippen MR) is 56.8 cm³/mol. The van der Waals surface area contributed by atoms with Crippen LogP contribution in [-0.4, -0.2) is 50.5 Å². The lowest BCUT2D eigenvalue weighted by Gasteiger charge is -2.15. The number of rotatable bonds is 6. The maximum atomic E-state index is 11.4. The van der Waals surface area contributed by atoms with Crippen LogP contribution in [0.2, 0.25) is 0 Å². The van der Waals surface area contributed by atoms with Gasteiger partial charge in [0.25, 0.3) is 0 Å². The summed E-state index contributed by atoms with van der Waals surface area (Å²) >= 11 is 3.20. The van der Waals surface area contributed by atoms with Crippen LogP contribution in [0.4, 0.5) is 0 Å². The van der Waals surface area contributed by atoms with Gasteiger partial charge in [-0.1, -0.05) is 15.9 Å². The van der Waals surface area contributed by atoms with Gasteiger partial charge in [0.1, 0.15) is 0 Å². The molecule has 0 aliphatic heterocycles. The number of carbonyl (C=O) groups is 1. The summed E-state index contributed by atoms with van der Waals surface area (Å²) in [6.07, 6.45) is 0.705. The van der Waals surface area contributed by atoms with Crippen LogP contribution in [0.5, 0.6) is 0 Å². The number of hydrogen-bond acceptors (Lipinski definition) is 4. The van der Waals surface area contributed by atoms with Crippen molar-refractivity contribution < 1.29 is 17.9 Å². The van der Waals surface area contributed by atoms with Crippen molar-refractivity contribution in [3.63, 3.8) is 0 Å². The third kappa shape index (κ3) is 4.92. The summed E-state index contributed by atoms with van der Waals surface area (Å²) in [5.41, 5.74) is 0. The Hall–Kier alpha value is -0.140. The van der Waals surface area contributed by atoms with Crippen LogP contribution in [-0.2, 0) is 19.6 Å². The van der Waals surface area contributed by atoms with Crippen molar-refractivity contribution in [2.75, 3.05) is 31.8 Å². The third-order valence-electron chi connectivity index (χ3n) is 1.61. The highest BCUT2D eigenvalue weighted by Crippen LogP contribution is 2.01. The van der Waals surface area contributed by atoms with Crippen molar-refractivity contribution in [1.29, 1.82) is 0 Å². The fraction of sp³-hybridized carbons (Fsp3) is 0.857. The van der Waals surface area contributed by atoms with Crippen LogP contribution >= 0.6 is 15.9 Å². The lowest BCUT2D eigenvalue weighted by atomic mass is 10.5. The first-order valence-corrected chi connectivity index (χ1v) is 6.74. The van der Waals surface area contributed by atoms with E-state index in [-0.39, 0.29) is 0 Å². The maximum Gasteiger partial charge on any atom is 0.322 e. The summed E-state index contributed by atoms with van der Waals surface area (Å²) in [4.78, 5) is 10.8. The van der Waals surface area contributed by atoms with Gasteiger partial charge in [-0.15, -0.1) is 0 Å². The summed E-state index contributed by atoms with van der Waals surface area (Å²) in [5.74, 6) is -1.34. The molecule has 0 aromatic rings. The number of nitrogens with zero attached hydrogens (tertiary/aromatic N) is 1. The van der Waals surface area contributed by atoms with E-state index in [0.29, 0.717) is 13.0 Å². The largest absolute Gasteiger partial charge is 0.468 e. The van der Waals surface area contributed by atoms with E-state index in [9.17, 15) is 13.2 Å². The third-order valence-corrected chi connectivity index (χ3v) is 3.90. The first-order valence-electron chi connectivity index (χ1n) is 4.01. The minimum Gasteiger partial charge on any atom is -0.468 e. The van der Waals surface area contributed by atoms with Gasteiger partial charge in [0.2, 0.25) is 10.0 Å². The van der Waals surface area contributed by atoms with E-state index in [1.165, 1.54) is 7.05 Å². The van der Waals surface area contributed by atoms with Gasteiger partial charge in [0.05, 0.1) is 7.11 Å². The average Bonchev–Trinajstić information content (AvgIpc) is 2.13. The zero-order chi connectivity index (χ0) is 11.2. The minimum absolute atomic E-state index is 0.393. The first kappa shape index (κ1) is 13.9. The Morgan fingerprint density at radius 3 is 2.50 bits per heavy atom. The fourth-order valence-electron chi connectivity index (χ4n) is 0.740. The molecule has 5 nitrogen and oxygen atoms in total. The van der Waals surface area contributed by atoms with Gasteiger partial charge in [0.15, 0.2) is 5.75 Å². The van der Waals surface area contributed by atoms with Crippen LogP contribution in [0.1, 0.15) is 6.42 Å². The molecule has 7 heteroatoms. The quantitative estimate of drug-likeness (QED) is 0.517. The van der Waals surface area contributed by atoms with Crippen molar-refractivity contribution in [1.82, 2.24) is 4.31 Å².